The second-order valence-corrected chi connectivity index (χ2v) is 9.10. The predicted octanol–water partition coefficient (Wildman–Crippen LogP) is 4.81. The van der Waals surface area contributed by atoms with Crippen LogP contribution >= 0.6 is 22.6 Å². The third-order valence-electron chi connectivity index (χ3n) is 5.38. The SMILES string of the molecule is CO[C@H](/C=C/C(=O)Nc1ccccc1N)[C@H](OC(=O)Nc1ccc2c(c1)OCO2)c1cc(I)ccc1O. The predicted molar refractivity (Wildman–Crippen MR) is 146 cm³/mol. The van der Waals surface area contributed by atoms with E-state index in [0.29, 0.717) is 34.1 Å². The van der Waals surface area contributed by atoms with E-state index >= 15 is 0 Å². The molecule has 0 radical (unpaired) electrons. The number of nitrogen functional groups attached to an aromatic ring is 1. The summed E-state index contributed by atoms with van der Waals surface area (Å²) in [4.78, 5) is 25.4. The normalized spacial score (nSPS) is 13.7. The lowest BCUT2D eigenvalue weighted by atomic mass is 10.0. The molecule has 5 N–H and O–H groups in total. The van der Waals surface area contributed by atoms with Crippen molar-refractivity contribution in [1.82, 2.24) is 0 Å². The van der Waals surface area contributed by atoms with Gasteiger partial charge in [-0.15, -0.1) is 0 Å². The van der Waals surface area contributed by atoms with Crippen molar-refractivity contribution in [1.29, 1.82) is 0 Å². The van der Waals surface area contributed by atoms with E-state index < -0.39 is 24.2 Å². The molecule has 0 saturated carbocycles. The van der Waals surface area contributed by atoms with Crippen LogP contribution in [0.25, 0.3) is 0 Å². The number of rotatable bonds is 8. The Balaban J connectivity index is 1.54. The molecule has 0 bridgehead atoms. The average Bonchev–Trinajstić information content (AvgIpc) is 3.34. The Morgan fingerprint density at radius 2 is 1.86 bits per heavy atom. The van der Waals surface area contributed by atoms with Gasteiger partial charge in [0.2, 0.25) is 12.7 Å². The van der Waals surface area contributed by atoms with E-state index in [1.807, 2.05) is 0 Å². The molecule has 0 fully saturated rings. The van der Waals surface area contributed by atoms with E-state index in [1.54, 1.807) is 54.6 Å². The number of hydrogen-bond acceptors (Lipinski definition) is 8. The van der Waals surface area contributed by atoms with Crippen molar-refractivity contribution in [3.63, 3.8) is 0 Å². The summed E-state index contributed by atoms with van der Waals surface area (Å²) in [6.07, 6.45) is -0.145. The number of nitrogens with one attached hydrogen (secondary N) is 2. The molecule has 0 spiro atoms. The molecule has 2 amide bonds. The minimum absolute atomic E-state index is 0.0988. The highest BCUT2D eigenvalue weighted by molar-refractivity contribution is 14.1. The molecule has 192 valence electrons. The highest BCUT2D eigenvalue weighted by Crippen LogP contribution is 2.35. The van der Waals surface area contributed by atoms with Crippen LogP contribution in [0.4, 0.5) is 21.9 Å². The zero-order chi connectivity index (χ0) is 26.4. The van der Waals surface area contributed by atoms with Gasteiger partial charge in [-0.3, -0.25) is 10.1 Å². The zero-order valence-electron chi connectivity index (χ0n) is 19.6. The third kappa shape index (κ3) is 6.62. The van der Waals surface area contributed by atoms with Crippen LogP contribution in [-0.2, 0) is 14.3 Å². The van der Waals surface area contributed by atoms with Gasteiger partial charge in [0.15, 0.2) is 17.6 Å². The first-order valence-corrected chi connectivity index (χ1v) is 12.1. The quantitative estimate of drug-likeness (QED) is 0.161. The third-order valence-corrected chi connectivity index (χ3v) is 6.05. The molecule has 0 aliphatic carbocycles. The molecule has 1 aliphatic heterocycles. The molecule has 4 rings (SSSR count). The van der Waals surface area contributed by atoms with Crippen molar-refractivity contribution in [2.45, 2.75) is 12.2 Å². The van der Waals surface area contributed by atoms with Gasteiger partial charge in [0.25, 0.3) is 0 Å². The number of phenols is 1. The molecular formula is C26H24IN3O7. The first kappa shape index (κ1) is 26.1. The maximum Gasteiger partial charge on any atom is 0.412 e. The van der Waals surface area contributed by atoms with Gasteiger partial charge < -0.3 is 35.1 Å². The minimum Gasteiger partial charge on any atom is -0.508 e. The molecular weight excluding hydrogens is 593 g/mol. The average molecular weight is 617 g/mol. The summed E-state index contributed by atoms with van der Waals surface area (Å²) in [7, 11) is 1.40. The molecule has 37 heavy (non-hydrogen) atoms. The van der Waals surface area contributed by atoms with E-state index in [2.05, 4.69) is 33.2 Å². The van der Waals surface area contributed by atoms with Gasteiger partial charge in [-0.25, -0.2) is 4.79 Å². The lowest BCUT2D eigenvalue weighted by molar-refractivity contribution is -0.112. The molecule has 2 atom stereocenters. The number of hydrogen-bond donors (Lipinski definition) is 4. The number of phenolic OH excluding ortho intramolecular Hbond substituents is 1. The number of anilines is 3. The molecule has 3 aromatic carbocycles. The van der Waals surface area contributed by atoms with Crippen molar-refractivity contribution in [3.8, 4) is 17.2 Å². The number of fused-ring (bicyclic) bond motifs is 1. The van der Waals surface area contributed by atoms with E-state index in [-0.39, 0.29) is 12.5 Å². The largest absolute Gasteiger partial charge is 0.508 e. The van der Waals surface area contributed by atoms with Crippen LogP contribution < -0.4 is 25.8 Å². The van der Waals surface area contributed by atoms with Gasteiger partial charge >= 0.3 is 6.09 Å². The van der Waals surface area contributed by atoms with Crippen LogP contribution in [-0.4, -0.2) is 37.1 Å². The number of amides is 2. The van der Waals surface area contributed by atoms with Gasteiger partial charge in [-0.2, -0.15) is 0 Å². The van der Waals surface area contributed by atoms with Crippen molar-refractivity contribution >= 4 is 51.7 Å². The number of para-hydroxylation sites is 2. The van der Waals surface area contributed by atoms with E-state index in [0.717, 1.165) is 3.57 Å². The second kappa shape index (κ2) is 11.8. The fraction of sp³-hybridized carbons (Fsp3) is 0.154. The zero-order valence-corrected chi connectivity index (χ0v) is 21.8. The monoisotopic (exact) mass is 617 g/mol. The van der Waals surface area contributed by atoms with Crippen molar-refractivity contribution in [2.75, 3.05) is 30.3 Å². The molecule has 1 aliphatic rings. The Labute approximate surface area is 226 Å². The number of ether oxygens (including phenoxy) is 4. The first-order valence-electron chi connectivity index (χ1n) is 11.1. The number of methoxy groups -OCH3 is 1. The molecule has 0 aromatic heterocycles. The summed E-state index contributed by atoms with van der Waals surface area (Å²) < 4.78 is 22.7. The molecule has 0 saturated heterocycles. The van der Waals surface area contributed by atoms with Crippen LogP contribution in [0.5, 0.6) is 17.2 Å². The van der Waals surface area contributed by atoms with E-state index in [4.69, 9.17) is 24.7 Å². The topological polar surface area (TPSA) is 141 Å². The lowest BCUT2D eigenvalue weighted by Crippen LogP contribution is -2.27. The smallest absolute Gasteiger partial charge is 0.412 e. The lowest BCUT2D eigenvalue weighted by Gasteiger charge is -2.25. The van der Waals surface area contributed by atoms with Crippen molar-refractivity contribution in [2.24, 2.45) is 0 Å². The highest BCUT2D eigenvalue weighted by atomic mass is 127. The van der Waals surface area contributed by atoms with Crippen LogP contribution in [0.2, 0.25) is 0 Å². The molecule has 1 heterocycles. The fourth-order valence-corrected chi connectivity index (χ4v) is 4.08. The molecule has 11 heteroatoms. The van der Waals surface area contributed by atoms with E-state index in [9.17, 15) is 14.7 Å². The maximum atomic E-state index is 12.9. The van der Waals surface area contributed by atoms with E-state index in [1.165, 1.54) is 25.3 Å². The van der Waals surface area contributed by atoms with Gasteiger partial charge in [-0.05, 0) is 71.1 Å². The number of carbonyl (C=O) groups is 2. The summed E-state index contributed by atoms with van der Waals surface area (Å²) in [6, 6.07) is 16.6. The first-order chi connectivity index (χ1) is 17.8. The van der Waals surface area contributed by atoms with Crippen LogP contribution in [0.15, 0.2) is 72.8 Å². The Morgan fingerprint density at radius 3 is 2.65 bits per heavy atom. The Bertz CT molecular complexity index is 1330. The highest BCUT2D eigenvalue weighted by Gasteiger charge is 2.29. The van der Waals surface area contributed by atoms with Crippen LogP contribution in [0, 0.1) is 3.57 Å². The van der Waals surface area contributed by atoms with Crippen LogP contribution in [0.1, 0.15) is 11.7 Å². The summed E-state index contributed by atoms with van der Waals surface area (Å²) in [6.45, 7) is 0.101. The van der Waals surface area contributed by atoms with Crippen molar-refractivity contribution in [3.05, 3.63) is 81.9 Å². The van der Waals surface area contributed by atoms with Crippen LogP contribution in [0.3, 0.4) is 0 Å². The Morgan fingerprint density at radius 1 is 1.08 bits per heavy atom. The summed E-state index contributed by atoms with van der Waals surface area (Å²) in [5.41, 5.74) is 7.48. The summed E-state index contributed by atoms with van der Waals surface area (Å²) in [5.74, 6) is 0.502. The van der Waals surface area contributed by atoms with Gasteiger partial charge in [0, 0.05) is 34.1 Å². The number of nitrogens with two attached hydrogens (primary N) is 1. The summed E-state index contributed by atoms with van der Waals surface area (Å²) >= 11 is 2.08. The number of aromatic hydroxyl groups is 1. The maximum absolute atomic E-state index is 12.9. The molecule has 10 nitrogen and oxygen atoms in total. The van der Waals surface area contributed by atoms with Gasteiger partial charge in [-0.1, -0.05) is 12.1 Å². The van der Waals surface area contributed by atoms with Gasteiger partial charge in [0.05, 0.1) is 11.4 Å². The second-order valence-electron chi connectivity index (χ2n) is 7.86. The number of benzene rings is 3. The number of carbonyl (C=O) groups excluding carboxylic acids is 2. The summed E-state index contributed by atoms with van der Waals surface area (Å²) in [5, 5.41) is 15.9. The molecule has 0 unspecified atom stereocenters. The van der Waals surface area contributed by atoms with Crippen molar-refractivity contribution < 1.29 is 33.6 Å². The van der Waals surface area contributed by atoms with Gasteiger partial charge in [0.1, 0.15) is 11.9 Å². The molecule has 3 aromatic rings. The Hall–Kier alpha value is -3.97. The fourth-order valence-electron chi connectivity index (χ4n) is 3.57. The minimum atomic E-state index is -1.10. The number of halogens is 1. The Kier molecular flexibility index (Phi) is 8.36. The standard InChI is InChI=1S/C26H24IN3O7/c1-34-22(10-11-24(32)30-19-5-3-2-4-18(19)28)25(17-12-15(27)6-8-20(17)31)37-26(33)29-16-7-9-21-23(13-16)36-14-35-21/h2-13,22,25,31H,14,28H2,1H3,(H,29,33)(H,30,32)/b11-10+/t22-,25-/m1/s1.